The average Bonchev–Trinajstić information content (AvgIpc) is 3.64. The van der Waals surface area contributed by atoms with Crippen LogP contribution in [0.4, 0.5) is 5.82 Å². The van der Waals surface area contributed by atoms with Crippen LogP contribution in [0.1, 0.15) is 12.6 Å². The number of carbonyl (C=O) groups excluding carboxylic acids is 1. The molecule has 0 spiro atoms. The molecule has 0 saturated carbocycles. The SMILES string of the molecule is NC(=O)C1=CN(C2OC(COP(=O)([O-])OP(=O)([O-])OC[C@H]3O[C@@H](n4cnc5c(N)ncnc54)C(OP(=O)([O-])[O-])[C@H]3O)C(O)C2O)C=CC1.[Na+].[Na+].[Na+].[Na+]. The summed E-state index contributed by atoms with van der Waals surface area (Å²) in [5.41, 5.74) is 11.1. The molecule has 1 amide bonds. The van der Waals surface area contributed by atoms with Crippen molar-refractivity contribution in [3.63, 3.8) is 0 Å². The zero-order chi connectivity index (χ0) is 35.2. The van der Waals surface area contributed by atoms with E-state index in [-0.39, 0.29) is 147 Å². The van der Waals surface area contributed by atoms with Gasteiger partial charge in [0.05, 0.1) is 27.4 Å². The largest absolute Gasteiger partial charge is 1.00 e. The number of imidazole rings is 1. The van der Waals surface area contributed by atoms with Gasteiger partial charge in [0.25, 0.3) is 15.6 Å². The van der Waals surface area contributed by atoms with Crippen LogP contribution < -0.4 is 149 Å². The summed E-state index contributed by atoms with van der Waals surface area (Å²) in [4.78, 5) is 71.8. The first-order valence-electron chi connectivity index (χ1n) is 13.4. The molecule has 5 rings (SSSR count). The maximum Gasteiger partial charge on any atom is 1.00 e. The molecule has 2 aromatic heterocycles. The van der Waals surface area contributed by atoms with Crippen LogP contribution in [0.25, 0.3) is 11.2 Å². The molecule has 2 aromatic rings. The summed E-state index contributed by atoms with van der Waals surface area (Å²) in [5.74, 6) is -0.849. The van der Waals surface area contributed by atoms with Crippen LogP contribution in [0.2, 0.25) is 0 Å². The summed E-state index contributed by atoms with van der Waals surface area (Å²) in [6.07, 6.45) is -7.38. The number of primary amides is 1. The fourth-order valence-corrected chi connectivity index (χ4v) is 7.45. The number of ether oxygens (including phenoxy) is 2. The average molecular weight is 833 g/mol. The fourth-order valence-electron chi connectivity index (χ4n) is 4.91. The number of phosphoric ester groups is 3. The number of allylic oxidation sites excluding steroid dienone is 1. The Morgan fingerprint density at radius 2 is 1.48 bits per heavy atom. The van der Waals surface area contributed by atoms with Crippen molar-refractivity contribution in [3.05, 3.63) is 36.7 Å². The number of nitrogens with two attached hydrogens (primary N) is 2. The molecule has 266 valence electrons. The first kappa shape index (κ1) is 51.3. The molecule has 0 aromatic carbocycles. The monoisotopic (exact) mass is 833 g/mol. The van der Waals surface area contributed by atoms with E-state index in [0.29, 0.717) is 0 Å². The zero-order valence-corrected chi connectivity index (χ0v) is 38.6. The molecule has 5 heterocycles. The Morgan fingerprint density at radius 3 is 2.06 bits per heavy atom. The second kappa shape index (κ2) is 20.8. The molecule has 3 aliphatic heterocycles. The third kappa shape index (κ3) is 12.6. The van der Waals surface area contributed by atoms with Gasteiger partial charge in [0.1, 0.15) is 48.5 Å². The van der Waals surface area contributed by atoms with Gasteiger partial charge in [0.15, 0.2) is 23.9 Å². The number of phosphoric acid groups is 3. The van der Waals surface area contributed by atoms with Crippen molar-refractivity contribution in [1.82, 2.24) is 24.4 Å². The number of nitrogen functional groups attached to an aromatic ring is 1. The molecule has 0 aliphatic carbocycles. The van der Waals surface area contributed by atoms with Gasteiger partial charge >= 0.3 is 118 Å². The van der Waals surface area contributed by atoms with Crippen molar-refractivity contribution in [2.75, 3.05) is 18.9 Å². The van der Waals surface area contributed by atoms with E-state index in [0.717, 1.165) is 17.2 Å². The summed E-state index contributed by atoms with van der Waals surface area (Å²) >= 11 is 0. The van der Waals surface area contributed by atoms with Crippen LogP contribution in [-0.2, 0) is 45.8 Å². The quantitative estimate of drug-likeness (QED) is 0.0924. The molecule has 10 atom stereocenters. The molecule has 0 radical (unpaired) electrons. The summed E-state index contributed by atoms with van der Waals surface area (Å²) in [6.45, 7) is -2.26. The number of amides is 1. The Hall–Kier alpha value is 1.27. The Kier molecular flexibility index (Phi) is 20.5. The van der Waals surface area contributed by atoms with E-state index in [9.17, 15) is 53.4 Å². The number of fused-ring (bicyclic) bond motifs is 1. The van der Waals surface area contributed by atoms with Crippen LogP contribution in [-0.4, -0.2) is 102 Å². The van der Waals surface area contributed by atoms with E-state index >= 15 is 0 Å². The molecule has 2 saturated heterocycles. The van der Waals surface area contributed by atoms with E-state index in [1.54, 1.807) is 0 Å². The minimum Gasteiger partial charge on any atom is -0.790 e. The maximum atomic E-state index is 12.4. The van der Waals surface area contributed by atoms with Crippen molar-refractivity contribution >= 4 is 46.4 Å². The van der Waals surface area contributed by atoms with Crippen LogP contribution in [0.15, 0.2) is 36.7 Å². The van der Waals surface area contributed by atoms with Crippen molar-refractivity contribution in [3.8, 4) is 0 Å². The topological polar surface area (TPSA) is 375 Å². The molecule has 7 unspecified atom stereocenters. The minimum absolute atomic E-state index is 0. The molecule has 7 N–H and O–H groups in total. The van der Waals surface area contributed by atoms with Gasteiger partial charge in [-0.25, -0.2) is 19.3 Å². The van der Waals surface area contributed by atoms with E-state index in [4.69, 9.17) is 20.9 Å². The molecule has 31 heteroatoms. The van der Waals surface area contributed by atoms with Crippen molar-refractivity contribution < 1.29 is 199 Å². The van der Waals surface area contributed by atoms with Crippen molar-refractivity contribution in [2.45, 2.75) is 55.5 Å². The molecular formula is C21H26N7Na4O17P3. The summed E-state index contributed by atoms with van der Waals surface area (Å²) < 4.78 is 65.6. The Morgan fingerprint density at radius 1 is 0.904 bits per heavy atom. The number of carbonyl (C=O) groups is 1. The summed E-state index contributed by atoms with van der Waals surface area (Å²) in [7, 11) is -17.4. The van der Waals surface area contributed by atoms with E-state index in [2.05, 4.69) is 32.8 Å². The van der Waals surface area contributed by atoms with Crippen molar-refractivity contribution in [2.24, 2.45) is 5.73 Å². The summed E-state index contributed by atoms with van der Waals surface area (Å²) in [6, 6.07) is 0. The van der Waals surface area contributed by atoms with E-state index in [1.807, 2.05) is 0 Å². The number of aliphatic hydroxyl groups is 3. The molecular weight excluding hydrogens is 807 g/mol. The van der Waals surface area contributed by atoms with Crippen LogP contribution in [0, 0.1) is 0 Å². The van der Waals surface area contributed by atoms with Gasteiger partial charge in [-0.3, -0.25) is 18.5 Å². The third-order valence-electron chi connectivity index (χ3n) is 7.09. The second-order valence-corrected chi connectivity index (χ2v) is 14.4. The Bertz CT molecular complexity index is 1760. The standard InChI is InChI=1S/C21H30N7O17P3.4Na/c22-17-12-19(25-7-24-17)28(8-26-12)21-16(44-46(33,34)35)14(30)11(43-21)6-41-48(38,39)45-47(36,37)40-5-10-13(29)15(31)20(42-10)27-3-1-2-9(4-27)18(23)32;;;;/h1,3-4,7-8,10-11,13-16,20-21,29-31H,2,5-6H2,(H2,23,32)(H,36,37)(H,38,39)(H2,22,24,25)(H2,33,34,35);;;;/q;4*+1/p-4/t10?,11-,13?,14+,15?,16?,20?,21-;;;;/m1..../s1. The van der Waals surface area contributed by atoms with Crippen LogP contribution >= 0.6 is 23.5 Å². The smallest absolute Gasteiger partial charge is 0.790 e. The fraction of sp³-hybridized carbons (Fsp3) is 0.524. The van der Waals surface area contributed by atoms with Gasteiger partial charge in [-0.1, -0.05) is 6.08 Å². The third-order valence-corrected chi connectivity index (χ3v) is 10.1. The summed E-state index contributed by atoms with van der Waals surface area (Å²) in [5, 5.41) is 31.4. The second-order valence-electron chi connectivity index (χ2n) is 10.3. The minimum atomic E-state index is -5.86. The van der Waals surface area contributed by atoms with Gasteiger partial charge in [-0.2, -0.15) is 0 Å². The first-order chi connectivity index (χ1) is 22.4. The molecule has 0 bridgehead atoms. The number of aliphatic hydroxyl groups excluding tert-OH is 3. The first-order valence-corrected chi connectivity index (χ1v) is 17.8. The Labute approximate surface area is 382 Å². The van der Waals surface area contributed by atoms with Gasteiger partial charge < -0.3 is 78.9 Å². The van der Waals surface area contributed by atoms with Crippen LogP contribution in [0.5, 0.6) is 0 Å². The molecule has 2 fully saturated rings. The number of anilines is 1. The normalized spacial score (nSPS) is 29.4. The zero-order valence-electron chi connectivity index (χ0n) is 27.9. The van der Waals surface area contributed by atoms with Gasteiger partial charge in [-0.15, -0.1) is 0 Å². The predicted octanol–water partition coefficient (Wildman–Crippen LogP) is -17.1. The number of hydrogen-bond donors (Lipinski definition) is 5. The van der Waals surface area contributed by atoms with Gasteiger partial charge in [0.2, 0.25) is 5.91 Å². The van der Waals surface area contributed by atoms with Crippen LogP contribution in [0.3, 0.4) is 0 Å². The molecule has 24 nitrogen and oxygen atoms in total. The number of aromatic nitrogens is 4. The van der Waals surface area contributed by atoms with Crippen molar-refractivity contribution in [1.29, 1.82) is 0 Å². The number of nitrogens with zero attached hydrogens (tertiary/aromatic N) is 5. The van der Waals surface area contributed by atoms with Gasteiger partial charge in [-0.05, 0) is 6.42 Å². The van der Waals surface area contributed by atoms with E-state index < -0.39 is 91.7 Å². The Balaban J connectivity index is 0.00000338. The number of hydrogen-bond acceptors (Lipinski definition) is 22. The molecule has 3 aliphatic rings. The molecule has 52 heavy (non-hydrogen) atoms. The predicted molar refractivity (Wildman–Crippen MR) is 144 cm³/mol. The van der Waals surface area contributed by atoms with E-state index in [1.165, 1.54) is 23.4 Å². The number of rotatable bonds is 13. The van der Waals surface area contributed by atoms with Gasteiger partial charge in [0, 0.05) is 18.0 Å². The maximum absolute atomic E-state index is 12.4.